The second kappa shape index (κ2) is 15.4. The van der Waals surface area contributed by atoms with Crippen LogP contribution < -0.4 is 15.4 Å². The van der Waals surface area contributed by atoms with Crippen molar-refractivity contribution in [1.29, 1.82) is 0 Å². The predicted molar refractivity (Wildman–Crippen MR) is 164 cm³/mol. The molecule has 3 amide bonds. The number of carbonyl (C=O) groups excluding carboxylic acids is 4. The van der Waals surface area contributed by atoms with E-state index in [4.69, 9.17) is 16.3 Å². The second-order valence-electron chi connectivity index (χ2n) is 11.5. The lowest BCUT2D eigenvalue weighted by Crippen LogP contribution is -2.48. The summed E-state index contributed by atoms with van der Waals surface area (Å²) in [7, 11) is 0. The number of ketones is 1. The molecule has 9 nitrogen and oxygen atoms in total. The van der Waals surface area contributed by atoms with E-state index in [2.05, 4.69) is 15.4 Å². The molecule has 1 heterocycles. The molecule has 0 aliphatic carbocycles. The van der Waals surface area contributed by atoms with E-state index in [-0.39, 0.29) is 18.2 Å². The van der Waals surface area contributed by atoms with Gasteiger partial charge in [0, 0.05) is 22.9 Å². The van der Waals surface area contributed by atoms with Crippen molar-refractivity contribution in [3.8, 4) is 0 Å². The summed E-state index contributed by atoms with van der Waals surface area (Å²) in [6.45, 7) is 7.57. The van der Waals surface area contributed by atoms with Gasteiger partial charge in [-0.25, -0.2) is 4.79 Å². The van der Waals surface area contributed by atoms with Crippen LogP contribution in [0.3, 0.4) is 0 Å². The number of aliphatic hydroxyl groups excluding tert-OH is 1. The maximum atomic E-state index is 13.3. The zero-order valence-corrected chi connectivity index (χ0v) is 26.0. The third-order valence-corrected chi connectivity index (χ3v) is 8.57. The van der Waals surface area contributed by atoms with E-state index in [1.807, 2.05) is 76.2 Å². The first-order chi connectivity index (χ1) is 19.9. The van der Waals surface area contributed by atoms with Gasteiger partial charge in [0.2, 0.25) is 11.8 Å². The van der Waals surface area contributed by atoms with Gasteiger partial charge < -0.3 is 20.5 Å². The fourth-order valence-corrected chi connectivity index (χ4v) is 6.12. The van der Waals surface area contributed by atoms with Crippen LogP contribution in [0.2, 0.25) is 5.02 Å². The van der Waals surface area contributed by atoms with Crippen molar-refractivity contribution in [3.05, 3.63) is 70.7 Å². The first kappa shape index (κ1) is 33.4. The molecule has 0 aromatic heterocycles. The fourth-order valence-electron chi connectivity index (χ4n) is 4.99. The monoisotopic (exact) mass is 617 g/mol. The molecule has 4 atom stereocenters. The van der Waals surface area contributed by atoms with Crippen molar-refractivity contribution < 1.29 is 29.0 Å². The number of hydrogen-bond acceptors (Lipinski definition) is 7. The molecule has 0 bridgehead atoms. The Balaban J connectivity index is 1.73. The minimum absolute atomic E-state index is 0.0949. The summed E-state index contributed by atoms with van der Waals surface area (Å²) in [4.78, 5) is 51.0. The van der Waals surface area contributed by atoms with Crippen LogP contribution >= 0.6 is 23.5 Å². The Labute approximate surface area is 256 Å². The number of rotatable bonds is 14. The van der Waals surface area contributed by atoms with Crippen LogP contribution in [0.5, 0.6) is 0 Å². The van der Waals surface area contributed by atoms with E-state index < -0.39 is 53.1 Å². The van der Waals surface area contributed by atoms with Crippen molar-refractivity contribution >= 4 is 47.2 Å². The lowest BCUT2D eigenvalue weighted by Gasteiger charge is -2.35. The van der Waals surface area contributed by atoms with Crippen LogP contribution in [0, 0.1) is 11.8 Å². The number of halogens is 1. The Morgan fingerprint density at radius 1 is 1.14 bits per heavy atom. The summed E-state index contributed by atoms with van der Waals surface area (Å²) in [5.41, 5.74) is 1.02. The number of Topliss-reactive ketones (excluding diaryl/α,β-unsaturated/α-hetero) is 1. The molecular formula is C31H40ClN3O6S. The molecule has 3 rings (SSSR count). The summed E-state index contributed by atoms with van der Waals surface area (Å²) in [6.07, 6.45) is -0.356. The number of hydrogen-bond donors (Lipinski definition) is 4. The third-order valence-electron chi connectivity index (χ3n) is 7.36. The van der Waals surface area contributed by atoms with E-state index in [1.54, 1.807) is 6.07 Å². The lowest BCUT2D eigenvalue weighted by molar-refractivity contribution is -0.130. The molecule has 1 fully saturated rings. The molecule has 11 heteroatoms. The highest BCUT2D eigenvalue weighted by atomic mass is 35.5. The maximum Gasteiger partial charge on any atom is 0.417 e. The van der Waals surface area contributed by atoms with Gasteiger partial charge in [-0.2, -0.15) is 0 Å². The van der Waals surface area contributed by atoms with Gasteiger partial charge in [0.1, 0.15) is 18.0 Å². The van der Waals surface area contributed by atoms with Gasteiger partial charge in [-0.3, -0.25) is 19.1 Å². The quantitative estimate of drug-likeness (QED) is 0.225. The van der Waals surface area contributed by atoms with Crippen LogP contribution in [-0.2, 0) is 24.5 Å². The number of benzene rings is 2. The maximum absolute atomic E-state index is 13.3. The molecule has 228 valence electrons. The topological polar surface area (TPSA) is 134 Å². The highest BCUT2D eigenvalue weighted by molar-refractivity contribution is 7.99. The van der Waals surface area contributed by atoms with Crippen LogP contribution in [0.15, 0.2) is 54.6 Å². The number of aliphatic hydroxyl groups is 1. The Morgan fingerprint density at radius 2 is 1.86 bits per heavy atom. The highest BCUT2D eigenvalue weighted by Crippen LogP contribution is 2.40. The summed E-state index contributed by atoms with van der Waals surface area (Å²) in [5.74, 6) is -1.55. The predicted octanol–water partition coefficient (Wildman–Crippen LogP) is 4.72. The normalized spacial score (nSPS) is 17.2. The number of ether oxygens (including phenoxy) is 1. The number of amides is 3. The highest BCUT2D eigenvalue weighted by Gasteiger charge is 2.37. The smallest absolute Gasteiger partial charge is 0.417 e. The van der Waals surface area contributed by atoms with E-state index >= 15 is 0 Å². The zero-order chi connectivity index (χ0) is 30.9. The molecule has 1 aliphatic heterocycles. The molecule has 0 radical (unpaired) electrons. The van der Waals surface area contributed by atoms with E-state index in [0.717, 1.165) is 23.1 Å². The summed E-state index contributed by atoms with van der Waals surface area (Å²) in [5, 5.41) is 14.7. The summed E-state index contributed by atoms with van der Waals surface area (Å²) < 4.78 is 8.66. The molecule has 42 heavy (non-hydrogen) atoms. The van der Waals surface area contributed by atoms with Crippen molar-refractivity contribution in [3.63, 3.8) is 0 Å². The van der Waals surface area contributed by atoms with Crippen LogP contribution in [0.1, 0.15) is 64.2 Å². The van der Waals surface area contributed by atoms with Crippen molar-refractivity contribution in [1.82, 2.24) is 15.4 Å². The average molecular weight is 618 g/mol. The van der Waals surface area contributed by atoms with Gasteiger partial charge in [-0.1, -0.05) is 81.8 Å². The summed E-state index contributed by atoms with van der Waals surface area (Å²) >= 11 is 7.17. The molecule has 0 saturated carbocycles. The Kier molecular flexibility index (Phi) is 12.3. The molecule has 1 aliphatic rings. The molecule has 4 N–H and O–H groups in total. The van der Waals surface area contributed by atoms with Gasteiger partial charge in [-0.05, 0) is 60.4 Å². The minimum Gasteiger partial charge on any atom is -0.440 e. The molecule has 1 unspecified atom stereocenters. The Bertz CT molecular complexity index is 1240. The van der Waals surface area contributed by atoms with Crippen molar-refractivity contribution in [2.75, 3.05) is 13.2 Å². The zero-order valence-electron chi connectivity index (χ0n) is 24.4. The van der Waals surface area contributed by atoms with Crippen LogP contribution in [-0.4, -0.2) is 53.2 Å². The van der Waals surface area contributed by atoms with E-state index in [0.29, 0.717) is 24.4 Å². The largest absolute Gasteiger partial charge is 0.440 e. The van der Waals surface area contributed by atoms with Gasteiger partial charge in [0.05, 0.1) is 6.04 Å². The third kappa shape index (κ3) is 9.21. The molecule has 2 aromatic rings. The van der Waals surface area contributed by atoms with Crippen LogP contribution in [0.4, 0.5) is 4.79 Å². The van der Waals surface area contributed by atoms with Crippen molar-refractivity contribution in [2.45, 2.75) is 69.8 Å². The van der Waals surface area contributed by atoms with Crippen molar-refractivity contribution in [2.24, 2.45) is 11.8 Å². The summed E-state index contributed by atoms with van der Waals surface area (Å²) in [6, 6.07) is 15.8. The van der Waals surface area contributed by atoms with E-state index in [9.17, 15) is 24.3 Å². The Hall–Kier alpha value is -3.08. The van der Waals surface area contributed by atoms with Gasteiger partial charge in [-0.15, -0.1) is 0 Å². The number of carbonyl (C=O) groups is 4. The standard InChI is InChI=1S/C31H40ClN3O6S/c1-19(2)15-26(29(39)34-24(25(37)18-36)16-21-13-14-33-28(21)38)42-35-30(40)41-27(20-9-6-5-7-10-20)31(3,4)22-11-8-12-23(32)17-22/h5-12,17,19,21,24,26-27,36H,13-16,18H2,1-4H3,(H,33,38)(H,34,39)(H,35,40)/t21-,24-,26-,27?/m0/s1. The lowest BCUT2D eigenvalue weighted by atomic mass is 9.76. The SMILES string of the molecule is CC(C)C[C@H](SNC(=O)OC(c1ccccc1)C(C)(C)c1cccc(Cl)c1)C(=O)N[C@@H](C[C@@H]1CCNC1=O)C(=O)CO. The molecule has 1 saturated heterocycles. The van der Waals surface area contributed by atoms with Crippen LogP contribution in [0.25, 0.3) is 0 Å². The van der Waals surface area contributed by atoms with Gasteiger partial charge >= 0.3 is 6.09 Å². The Morgan fingerprint density at radius 3 is 2.45 bits per heavy atom. The first-order valence-corrected chi connectivity index (χ1v) is 15.3. The minimum atomic E-state index is -1.01. The molecule has 2 aromatic carbocycles. The average Bonchev–Trinajstić information content (AvgIpc) is 3.37. The molecule has 0 spiro atoms. The van der Waals surface area contributed by atoms with Gasteiger partial charge in [0.25, 0.3) is 0 Å². The molecular weight excluding hydrogens is 578 g/mol. The fraction of sp³-hybridized carbons (Fsp3) is 0.484. The second-order valence-corrected chi connectivity index (χ2v) is 12.9. The van der Waals surface area contributed by atoms with Gasteiger partial charge in [0.15, 0.2) is 5.78 Å². The number of nitrogens with one attached hydrogen (secondary N) is 3. The first-order valence-electron chi connectivity index (χ1n) is 14.1. The van der Waals surface area contributed by atoms with E-state index in [1.165, 1.54) is 0 Å².